The fourth-order valence-electron chi connectivity index (χ4n) is 1.28. The summed E-state index contributed by atoms with van der Waals surface area (Å²) >= 11 is 0. The lowest BCUT2D eigenvalue weighted by Crippen LogP contribution is -2.03. The Hall–Kier alpha value is -1.64. The first kappa shape index (κ1) is 9.45. The van der Waals surface area contributed by atoms with Crippen molar-refractivity contribution in [3.05, 3.63) is 34.4 Å². The number of benzene rings is 1. The molecule has 0 aliphatic heterocycles. The van der Waals surface area contributed by atoms with Gasteiger partial charge in [0, 0.05) is 5.56 Å². The zero-order valence-electron chi connectivity index (χ0n) is 7.50. The van der Waals surface area contributed by atoms with Crippen molar-refractivity contribution in [3.8, 4) is 0 Å². The number of hydrogen-bond acceptors (Lipinski definition) is 2. The van der Waals surface area contributed by atoms with E-state index in [1.165, 1.54) is 6.07 Å². The summed E-state index contributed by atoms with van der Waals surface area (Å²) in [5, 5.41) is 8.76. The lowest BCUT2D eigenvalue weighted by Gasteiger charge is -2.05. The first-order valence-corrected chi connectivity index (χ1v) is 3.86. The second-order valence-corrected chi connectivity index (χ2v) is 2.89. The first-order chi connectivity index (χ1) is 6.07. The Morgan fingerprint density at radius 3 is 2.46 bits per heavy atom. The second kappa shape index (κ2) is 3.39. The molecule has 13 heavy (non-hydrogen) atoms. The van der Waals surface area contributed by atoms with Crippen LogP contribution in [0.15, 0.2) is 12.1 Å². The summed E-state index contributed by atoms with van der Waals surface area (Å²) in [6.07, 6.45) is 0.692. The van der Waals surface area contributed by atoms with Crippen molar-refractivity contribution in [2.24, 2.45) is 0 Å². The van der Waals surface area contributed by atoms with Gasteiger partial charge in [-0.2, -0.15) is 0 Å². The number of carbonyl (C=O) groups is 2. The molecule has 0 unspecified atom stereocenters. The summed E-state index contributed by atoms with van der Waals surface area (Å²) in [4.78, 5) is 21.3. The minimum Gasteiger partial charge on any atom is -0.478 e. The van der Waals surface area contributed by atoms with Crippen LogP contribution in [0.2, 0.25) is 0 Å². The predicted molar refractivity (Wildman–Crippen MR) is 48.3 cm³/mol. The number of carboxylic acid groups (broad SMARTS) is 1. The number of rotatable bonds is 2. The molecule has 0 saturated carbocycles. The van der Waals surface area contributed by atoms with Gasteiger partial charge in [0.05, 0.1) is 5.56 Å². The summed E-state index contributed by atoms with van der Waals surface area (Å²) < 4.78 is 0. The van der Waals surface area contributed by atoms with E-state index in [0.29, 0.717) is 17.4 Å². The number of carbonyl (C=O) groups excluding carboxylic acids is 1. The van der Waals surface area contributed by atoms with Crippen LogP contribution in [-0.2, 0) is 0 Å². The summed E-state index contributed by atoms with van der Waals surface area (Å²) in [7, 11) is 0. The van der Waals surface area contributed by atoms with Crippen LogP contribution in [0.4, 0.5) is 0 Å². The monoisotopic (exact) mass is 178 g/mol. The molecule has 0 radical (unpaired) electrons. The van der Waals surface area contributed by atoms with Crippen LogP contribution in [0.1, 0.15) is 31.8 Å². The van der Waals surface area contributed by atoms with Gasteiger partial charge in [-0.1, -0.05) is 6.07 Å². The van der Waals surface area contributed by atoms with Gasteiger partial charge in [0.15, 0.2) is 6.29 Å². The lowest BCUT2D eigenvalue weighted by molar-refractivity contribution is 0.0696. The molecule has 0 bridgehead atoms. The van der Waals surface area contributed by atoms with Gasteiger partial charge in [-0.15, -0.1) is 0 Å². The number of aromatic carboxylic acids is 1. The normalized spacial score (nSPS) is 9.69. The third-order valence-electron chi connectivity index (χ3n) is 2.08. The van der Waals surface area contributed by atoms with Crippen LogP contribution in [0, 0.1) is 13.8 Å². The third kappa shape index (κ3) is 1.59. The van der Waals surface area contributed by atoms with E-state index in [1.807, 2.05) is 0 Å². The van der Waals surface area contributed by atoms with E-state index in [2.05, 4.69) is 0 Å². The molecule has 1 N–H and O–H groups in total. The molecule has 0 aromatic heterocycles. The van der Waals surface area contributed by atoms with Gasteiger partial charge in [0.25, 0.3) is 0 Å². The highest BCUT2D eigenvalue weighted by molar-refractivity contribution is 5.93. The molecule has 1 rings (SSSR count). The largest absolute Gasteiger partial charge is 0.478 e. The Bertz CT molecular complexity index is 367. The highest BCUT2D eigenvalue weighted by Gasteiger charge is 2.11. The molecule has 0 spiro atoms. The smallest absolute Gasteiger partial charge is 0.335 e. The van der Waals surface area contributed by atoms with Crippen LogP contribution < -0.4 is 0 Å². The van der Waals surface area contributed by atoms with Gasteiger partial charge in [-0.05, 0) is 31.0 Å². The molecule has 1 aromatic rings. The van der Waals surface area contributed by atoms with Crippen molar-refractivity contribution in [2.75, 3.05) is 0 Å². The highest BCUT2D eigenvalue weighted by atomic mass is 16.4. The molecule has 0 heterocycles. The molecule has 68 valence electrons. The summed E-state index contributed by atoms with van der Waals surface area (Å²) in [5.74, 6) is -0.999. The molecule has 0 amide bonds. The molecular formula is C10H10O3. The van der Waals surface area contributed by atoms with E-state index >= 15 is 0 Å². The maximum absolute atomic E-state index is 10.7. The predicted octanol–water partition coefficient (Wildman–Crippen LogP) is 1.81. The molecule has 0 aliphatic carbocycles. The third-order valence-corrected chi connectivity index (χ3v) is 2.08. The van der Waals surface area contributed by atoms with E-state index < -0.39 is 5.97 Å². The van der Waals surface area contributed by atoms with Gasteiger partial charge in [0.1, 0.15) is 0 Å². The molecule has 0 aliphatic rings. The van der Waals surface area contributed by atoms with Crippen LogP contribution in [0.25, 0.3) is 0 Å². The molecule has 0 atom stereocenters. The van der Waals surface area contributed by atoms with Gasteiger partial charge in [-0.3, -0.25) is 4.79 Å². The highest BCUT2D eigenvalue weighted by Crippen LogP contribution is 2.16. The van der Waals surface area contributed by atoms with E-state index in [-0.39, 0.29) is 5.56 Å². The van der Waals surface area contributed by atoms with Gasteiger partial charge < -0.3 is 5.11 Å². The minimum absolute atomic E-state index is 0.188. The van der Waals surface area contributed by atoms with Crippen LogP contribution in [0.5, 0.6) is 0 Å². The van der Waals surface area contributed by atoms with Crippen LogP contribution >= 0.6 is 0 Å². The van der Waals surface area contributed by atoms with Gasteiger partial charge >= 0.3 is 5.97 Å². The van der Waals surface area contributed by atoms with Crippen molar-refractivity contribution in [1.82, 2.24) is 0 Å². The van der Waals surface area contributed by atoms with E-state index in [1.54, 1.807) is 19.9 Å². The molecule has 3 nitrogen and oxygen atoms in total. The lowest BCUT2D eigenvalue weighted by atomic mass is 9.99. The molecule has 1 aromatic carbocycles. The van der Waals surface area contributed by atoms with Crippen molar-refractivity contribution in [1.29, 1.82) is 0 Å². The maximum atomic E-state index is 10.7. The fraction of sp³-hybridized carbons (Fsp3) is 0.200. The summed E-state index contributed by atoms with van der Waals surface area (Å²) in [6.45, 7) is 3.42. The Morgan fingerprint density at radius 1 is 1.38 bits per heavy atom. The number of hydrogen-bond donors (Lipinski definition) is 1. The average Bonchev–Trinajstić information content (AvgIpc) is 2.04. The molecule has 0 fully saturated rings. The number of aldehydes is 1. The Morgan fingerprint density at radius 2 is 2.00 bits per heavy atom. The topological polar surface area (TPSA) is 54.4 Å². The molecule has 0 saturated heterocycles. The SMILES string of the molecule is Cc1ccc(C(=O)O)c(C)c1C=O. The number of carboxylic acids is 1. The van der Waals surface area contributed by atoms with E-state index in [9.17, 15) is 9.59 Å². The molecule has 3 heteroatoms. The Labute approximate surface area is 76.0 Å². The maximum Gasteiger partial charge on any atom is 0.335 e. The van der Waals surface area contributed by atoms with E-state index in [0.717, 1.165) is 5.56 Å². The summed E-state index contributed by atoms with van der Waals surface area (Å²) in [5.41, 5.74) is 1.99. The Kier molecular flexibility index (Phi) is 2.46. The van der Waals surface area contributed by atoms with Crippen LogP contribution in [0.3, 0.4) is 0 Å². The fourth-order valence-corrected chi connectivity index (χ4v) is 1.28. The van der Waals surface area contributed by atoms with Crippen molar-refractivity contribution in [3.63, 3.8) is 0 Å². The van der Waals surface area contributed by atoms with Crippen molar-refractivity contribution < 1.29 is 14.7 Å². The van der Waals surface area contributed by atoms with Crippen LogP contribution in [-0.4, -0.2) is 17.4 Å². The Balaban J connectivity index is 3.44. The van der Waals surface area contributed by atoms with E-state index in [4.69, 9.17) is 5.11 Å². The second-order valence-electron chi connectivity index (χ2n) is 2.89. The first-order valence-electron chi connectivity index (χ1n) is 3.86. The quantitative estimate of drug-likeness (QED) is 0.702. The van der Waals surface area contributed by atoms with Crippen molar-refractivity contribution >= 4 is 12.3 Å². The van der Waals surface area contributed by atoms with Gasteiger partial charge in [0.2, 0.25) is 0 Å². The zero-order chi connectivity index (χ0) is 10.0. The van der Waals surface area contributed by atoms with Crippen molar-refractivity contribution in [2.45, 2.75) is 13.8 Å². The standard InChI is InChI=1S/C10H10O3/c1-6-3-4-8(10(12)13)7(2)9(6)5-11/h3-5H,1-2H3,(H,12,13). The average molecular weight is 178 g/mol. The summed E-state index contributed by atoms with van der Waals surface area (Å²) in [6, 6.07) is 3.15. The van der Waals surface area contributed by atoms with Gasteiger partial charge in [-0.25, -0.2) is 4.79 Å². The molecular weight excluding hydrogens is 168 g/mol. The zero-order valence-corrected chi connectivity index (χ0v) is 7.50. The number of aryl methyl sites for hydroxylation is 1. The minimum atomic E-state index is -0.999.